The van der Waals surface area contributed by atoms with Crippen molar-refractivity contribution in [2.24, 2.45) is 23.7 Å². The summed E-state index contributed by atoms with van der Waals surface area (Å²) in [7, 11) is 0. The zero-order valence-electron chi connectivity index (χ0n) is 13.1. The van der Waals surface area contributed by atoms with Crippen molar-refractivity contribution in [1.29, 1.82) is 0 Å². The molecule has 2 heterocycles. The van der Waals surface area contributed by atoms with Crippen LogP contribution in [0.15, 0.2) is 12.2 Å². The number of epoxide rings is 1. The van der Waals surface area contributed by atoms with Gasteiger partial charge in [-0.25, -0.2) is 0 Å². The Hall–Kier alpha value is -0.380. The third kappa shape index (κ3) is 2.80. The van der Waals surface area contributed by atoms with Gasteiger partial charge in [-0.1, -0.05) is 12.2 Å². The van der Waals surface area contributed by atoms with Crippen molar-refractivity contribution in [1.82, 2.24) is 0 Å². The Kier molecular flexibility index (Phi) is 3.85. The molecule has 4 rings (SSSR count). The third-order valence-corrected chi connectivity index (χ3v) is 6.27. The summed E-state index contributed by atoms with van der Waals surface area (Å²) in [4.78, 5) is 0. The van der Waals surface area contributed by atoms with Crippen LogP contribution in [-0.4, -0.2) is 31.7 Å². The average molecular weight is 292 g/mol. The molecule has 2 aliphatic heterocycles. The largest absolute Gasteiger partial charge is 0.370 e. The van der Waals surface area contributed by atoms with Crippen LogP contribution in [-0.2, 0) is 14.2 Å². The number of allylic oxidation sites excluding steroid dienone is 2. The predicted octanol–water partition coefficient (Wildman–Crippen LogP) is 3.54. The lowest BCUT2D eigenvalue weighted by atomic mass is 9.59. The molecule has 0 unspecified atom stereocenters. The fraction of sp³-hybridized carbons (Fsp3) is 0.889. The SMILES string of the molecule is C/C=C\[C@H]1[C@H](CC2OCCO2)CC[C@H]2C[C@@]3(CC[C@@H]21)CO3. The highest BCUT2D eigenvalue weighted by Crippen LogP contribution is 2.54. The standard InChI is InChI=1S/C18H28O3/c1-2-3-15-13(10-17-19-8-9-20-17)4-5-14-11-18(12-21-18)7-6-16(14)15/h2-3,13-17H,4-12H2,1H3/b3-2-/t13-,14-,15-,16-,18-/m0/s1. The number of ether oxygens (including phenoxy) is 3. The molecule has 0 aromatic heterocycles. The highest BCUT2D eigenvalue weighted by Gasteiger charge is 2.53. The average Bonchev–Trinajstić information content (AvgIpc) is 3.03. The van der Waals surface area contributed by atoms with Gasteiger partial charge in [0.25, 0.3) is 0 Å². The summed E-state index contributed by atoms with van der Waals surface area (Å²) >= 11 is 0. The lowest BCUT2D eigenvalue weighted by Crippen LogP contribution is -2.41. The normalized spacial score (nSPS) is 47.1. The molecule has 0 radical (unpaired) electrons. The molecule has 2 aliphatic carbocycles. The van der Waals surface area contributed by atoms with Gasteiger partial charge in [0.1, 0.15) is 0 Å². The molecule has 1 spiro atoms. The van der Waals surface area contributed by atoms with Gasteiger partial charge in [-0.2, -0.15) is 0 Å². The maximum absolute atomic E-state index is 5.76. The quantitative estimate of drug-likeness (QED) is 0.589. The molecule has 4 aliphatic rings. The minimum atomic E-state index is 0.0565. The Bertz CT molecular complexity index is 395. The Morgan fingerprint density at radius 3 is 2.67 bits per heavy atom. The molecule has 21 heavy (non-hydrogen) atoms. The van der Waals surface area contributed by atoms with Gasteiger partial charge in [0.2, 0.25) is 0 Å². The van der Waals surface area contributed by atoms with E-state index in [1.165, 1.54) is 32.1 Å². The molecule has 0 bridgehead atoms. The van der Waals surface area contributed by atoms with Crippen LogP contribution >= 0.6 is 0 Å². The second-order valence-electron chi connectivity index (χ2n) is 7.49. The number of hydrogen-bond donors (Lipinski definition) is 0. The van der Waals surface area contributed by atoms with E-state index >= 15 is 0 Å². The first-order valence-corrected chi connectivity index (χ1v) is 8.80. The summed E-state index contributed by atoms with van der Waals surface area (Å²) in [5.74, 6) is 3.19. The molecule has 0 aromatic carbocycles. The van der Waals surface area contributed by atoms with Crippen molar-refractivity contribution in [3.05, 3.63) is 12.2 Å². The highest BCUT2D eigenvalue weighted by molar-refractivity contribution is 5.06. The molecule has 3 heteroatoms. The first-order valence-electron chi connectivity index (χ1n) is 8.80. The molecule has 0 N–H and O–H groups in total. The molecule has 5 atom stereocenters. The number of fused-ring (bicyclic) bond motifs is 1. The van der Waals surface area contributed by atoms with Gasteiger partial charge >= 0.3 is 0 Å². The summed E-state index contributed by atoms with van der Waals surface area (Å²) in [6.45, 7) is 4.74. The van der Waals surface area contributed by atoms with E-state index < -0.39 is 0 Å². The van der Waals surface area contributed by atoms with E-state index in [-0.39, 0.29) is 6.29 Å². The van der Waals surface area contributed by atoms with Gasteiger partial charge in [0.15, 0.2) is 6.29 Å². The van der Waals surface area contributed by atoms with Crippen molar-refractivity contribution in [2.75, 3.05) is 19.8 Å². The zero-order chi connectivity index (χ0) is 14.3. The molecule has 118 valence electrons. The molecule has 2 saturated heterocycles. The van der Waals surface area contributed by atoms with Crippen LogP contribution < -0.4 is 0 Å². The second kappa shape index (κ2) is 5.68. The van der Waals surface area contributed by atoms with Crippen molar-refractivity contribution >= 4 is 0 Å². The maximum Gasteiger partial charge on any atom is 0.158 e. The zero-order valence-corrected chi connectivity index (χ0v) is 13.1. The minimum Gasteiger partial charge on any atom is -0.370 e. The van der Waals surface area contributed by atoms with E-state index in [4.69, 9.17) is 14.2 Å². The third-order valence-electron chi connectivity index (χ3n) is 6.27. The fourth-order valence-electron chi connectivity index (χ4n) is 5.14. The summed E-state index contributed by atoms with van der Waals surface area (Å²) < 4.78 is 17.1. The molecule has 0 aromatic rings. The first kappa shape index (κ1) is 14.2. The second-order valence-corrected chi connectivity index (χ2v) is 7.49. The summed E-state index contributed by atoms with van der Waals surface area (Å²) in [6, 6.07) is 0. The lowest BCUT2D eigenvalue weighted by Gasteiger charge is -2.46. The van der Waals surface area contributed by atoms with Crippen LogP contribution in [0.1, 0.15) is 45.4 Å². The minimum absolute atomic E-state index is 0.0565. The van der Waals surface area contributed by atoms with Crippen molar-refractivity contribution < 1.29 is 14.2 Å². The Morgan fingerprint density at radius 1 is 1.14 bits per heavy atom. The monoisotopic (exact) mass is 292 g/mol. The molecule has 2 saturated carbocycles. The molecule has 3 nitrogen and oxygen atoms in total. The van der Waals surface area contributed by atoms with Gasteiger partial charge in [-0.15, -0.1) is 0 Å². The van der Waals surface area contributed by atoms with Crippen LogP contribution in [0.3, 0.4) is 0 Å². The van der Waals surface area contributed by atoms with Crippen molar-refractivity contribution in [2.45, 2.75) is 57.3 Å². The Labute approximate surface area is 128 Å². The Morgan fingerprint density at radius 2 is 1.95 bits per heavy atom. The molecular weight excluding hydrogens is 264 g/mol. The first-order chi connectivity index (χ1) is 10.3. The van der Waals surface area contributed by atoms with Crippen LogP contribution in [0.5, 0.6) is 0 Å². The van der Waals surface area contributed by atoms with E-state index in [2.05, 4.69) is 19.1 Å². The smallest absolute Gasteiger partial charge is 0.158 e. The van der Waals surface area contributed by atoms with Crippen molar-refractivity contribution in [3.63, 3.8) is 0 Å². The van der Waals surface area contributed by atoms with Gasteiger partial charge in [-0.3, -0.25) is 0 Å². The van der Waals surface area contributed by atoms with Gasteiger partial charge in [0.05, 0.1) is 25.4 Å². The van der Waals surface area contributed by atoms with E-state index in [0.717, 1.165) is 49.9 Å². The van der Waals surface area contributed by atoms with Crippen LogP contribution in [0.4, 0.5) is 0 Å². The van der Waals surface area contributed by atoms with E-state index in [0.29, 0.717) is 5.60 Å². The van der Waals surface area contributed by atoms with Gasteiger partial charge in [-0.05, 0) is 62.7 Å². The number of rotatable bonds is 3. The van der Waals surface area contributed by atoms with Crippen LogP contribution in [0.2, 0.25) is 0 Å². The van der Waals surface area contributed by atoms with Gasteiger partial charge < -0.3 is 14.2 Å². The Balaban J connectivity index is 1.45. The van der Waals surface area contributed by atoms with E-state index in [1.54, 1.807) is 0 Å². The fourth-order valence-corrected chi connectivity index (χ4v) is 5.14. The van der Waals surface area contributed by atoms with Crippen molar-refractivity contribution in [3.8, 4) is 0 Å². The topological polar surface area (TPSA) is 31.0 Å². The van der Waals surface area contributed by atoms with E-state index in [1.807, 2.05) is 0 Å². The predicted molar refractivity (Wildman–Crippen MR) is 80.9 cm³/mol. The molecule has 0 amide bonds. The lowest BCUT2D eigenvalue weighted by molar-refractivity contribution is -0.0732. The van der Waals surface area contributed by atoms with Crippen LogP contribution in [0, 0.1) is 23.7 Å². The van der Waals surface area contributed by atoms with E-state index in [9.17, 15) is 0 Å². The summed E-state index contributed by atoms with van der Waals surface area (Å²) in [5, 5.41) is 0. The van der Waals surface area contributed by atoms with Crippen LogP contribution in [0.25, 0.3) is 0 Å². The molecule has 4 fully saturated rings. The summed E-state index contributed by atoms with van der Waals surface area (Å²) in [5.41, 5.74) is 0.312. The van der Waals surface area contributed by atoms with Gasteiger partial charge in [0, 0.05) is 6.42 Å². The highest BCUT2D eigenvalue weighted by atomic mass is 16.7. The molecular formula is C18H28O3. The summed E-state index contributed by atoms with van der Waals surface area (Å²) in [6.07, 6.45) is 12.5. The maximum atomic E-state index is 5.76. The number of hydrogen-bond acceptors (Lipinski definition) is 3.